The van der Waals surface area contributed by atoms with E-state index in [1.807, 2.05) is 48.6 Å². The summed E-state index contributed by atoms with van der Waals surface area (Å²) >= 11 is 0. The van der Waals surface area contributed by atoms with Crippen molar-refractivity contribution in [1.29, 1.82) is 5.26 Å². The van der Waals surface area contributed by atoms with Crippen molar-refractivity contribution in [2.45, 2.75) is 0 Å². The van der Waals surface area contributed by atoms with Crippen LogP contribution in [-0.4, -0.2) is 11.6 Å². The van der Waals surface area contributed by atoms with Crippen LogP contribution in [0.4, 0.5) is 0 Å². The molecular formula is C15H12N2O. The van der Waals surface area contributed by atoms with Gasteiger partial charge in [0.05, 0.1) is 0 Å². The molecule has 0 saturated carbocycles. The summed E-state index contributed by atoms with van der Waals surface area (Å²) in [6.45, 7) is 0.412. The molecule has 1 heterocycles. The predicted molar refractivity (Wildman–Crippen MR) is 69.9 cm³/mol. The maximum atomic E-state index is 8.84. The van der Waals surface area contributed by atoms with Gasteiger partial charge in [-0.15, -0.1) is 0 Å². The zero-order valence-electron chi connectivity index (χ0n) is 9.78. The van der Waals surface area contributed by atoms with Crippen molar-refractivity contribution in [3.05, 3.63) is 66.0 Å². The van der Waals surface area contributed by atoms with Crippen molar-refractivity contribution in [3.63, 3.8) is 0 Å². The molecule has 0 N–H and O–H groups in total. The molecule has 0 aliphatic carbocycles. The molecule has 0 spiro atoms. The first-order valence-electron chi connectivity index (χ1n) is 5.59. The summed E-state index contributed by atoms with van der Waals surface area (Å²) in [5.41, 5.74) is 1.43. The summed E-state index contributed by atoms with van der Waals surface area (Å²) < 4.78 is 5.48. The van der Waals surface area contributed by atoms with Crippen molar-refractivity contribution >= 4 is 6.08 Å². The number of nitriles is 1. The number of pyridine rings is 1. The molecular weight excluding hydrogens is 224 g/mol. The van der Waals surface area contributed by atoms with Gasteiger partial charge in [0.15, 0.2) is 11.4 Å². The summed E-state index contributed by atoms with van der Waals surface area (Å²) in [4.78, 5) is 3.92. The maximum absolute atomic E-state index is 8.84. The fourth-order valence-electron chi connectivity index (χ4n) is 1.48. The van der Waals surface area contributed by atoms with Gasteiger partial charge in [-0.1, -0.05) is 36.4 Å². The maximum Gasteiger partial charge on any atom is 0.182 e. The Morgan fingerprint density at radius 2 is 2.00 bits per heavy atom. The summed E-state index contributed by atoms with van der Waals surface area (Å²) in [7, 11) is 0. The number of rotatable bonds is 4. The average Bonchev–Trinajstić information content (AvgIpc) is 2.45. The number of aromatic nitrogens is 1. The molecule has 2 aromatic rings. The third-order valence-corrected chi connectivity index (χ3v) is 2.32. The fourth-order valence-corrected chi connectivity index (χ4v) is 1.48. The van der Waals surface area contributed by atoms with Gasteiger partial charge < -0.3 is 4.74 Å². The Bertz CT molecular complexity index is 571. The van der Waals surface area contributed by atoms with Crippen LogP contribution in [0.5, 0.6) is 5.75 Å². The van der Waals surface area contributed by atoms with Crippen LogP contribution in [0.1, 0.15) is 11.3 Å². The molecule has 0 aliphatic rings. The number of hydrogen-bond donors (Lipinski definition) is 0. The van der Waals surface area contributed by atoms with E-state index in [-0.39, 0.29) is 0 Å². The van der Waals surface area contributed by atoms with Crippen LogP contribution in [0, 0.1) is 11.3 Å². The highest BCUT2D eigenvalue weighted by Crippen LogP contribution is 2.13. The second-order valence-corrected chi connectivity index (χ2v) is 3.59. The standard InChI is InChI=1S/C15H12N2O/c16-12-14-15(9-4-10-17-14)18-11-5-8-13-6-2-1-3-7-13/h1-10H,11H2/b8-5+. The van der Waals surface area contributed by atoms with Gasteiger partial charge in [0, 0.05) is 6.20 Å². The topological polar surface area (TPSA) is 45.9 Å². The Labute approximate surface area is 106 Å². The van der Waals surface area contributed by atoms with E-state index in [4.69, 9.17) is 10.00 Å². The van der Waals surface area contributed by atoms with E-state index in [1.54, 1.807) is 18.3 Å². The Morgan fingerprint density at radius 1 is 1.17 bits per heavy atom. The van der Waals surface area contributed by atoms with Crippen LogP contribution in [-0.2, 0) is 0 Å². The molecule has 18 heavy (non-hydrogen) atoms. The number of nitrogens with zero attached hydrogens (tertiary/aromatic N) is 2. The second-order valence-electron chi connectivity index (χ2n) is 3.59. The lowest BCUT2D eigenvalue weighted by Gasteiger charge is -2.03. The minimum absolute atomic E-state index is 0.311. The molecule has 0 aliphatic heterocycles. The van der Waals surface area contributed by atoms with Crippen LogP contribution >= 0.6 is 0 Å². The van der Waals surface area contributed by atoms with E-state index in [0.29, 0.717) is 18.1 Å². The van der Waals surface area contributed by atoms with Gasteiger partial charge in [0.25, 0.3) is 0 Å². The number of benzene rings is 1. The molecule has 0 amide bonds. The van der Waals surface area contributed by atoms with Gasteiger partial charge in [-0.25, -0.2) is 4.98 Å². The molecule has 3 nitrogen and oxygen atoms in total. The van der Waals surface area contributed by atoms with E-state index in [1.165, 1.54) is 0 Å². The highest BCUT2D eigenvalue weighted by molar-refractivity contribution is 5.48. The molecule has 0 unspecified atom stereocenters. The minimum atomic E-state index is 0.311. The number of hydrogen-bond acceptors (Lipinski definition) is 3. The van der Waals surface area contributed by atoms with E-state index in [9.17, 15) is 0 Å². The summed E-state index contributed by atoms with van der Waals surface area (Å²) in [6, 6.07) is 15.4. The van der Waals surface area contributed by atoms with Crippen LogP contribution in [0.25, 0.3) is 6.08 Å². The quantitative estimate of drug-likeness (QED) is 0.819. The van der Waals surface area contributed by atoms with Gasteiger partial charge in [-0.05, 0) is 23.8 Å². The molecule has 1 aromatic carbocycles. The second kappa shape index (κ2) is 6.21. The average molecular weight is 236 g/mol. The summed E-state index contributed by atoms with van der Waals surface area (Å²) in [5, 5.41) is 8.84. The minimum Gasteiger partial charge on any atom is -0.486 e. The van der Waals surface area contributed by atoms with Gasteiger partial charge in [0.2, 0.25) is 0 Å². The molecule has 1 aromatic heterocycles. The van der Waals surface area contributed by atoms with Crippen LogP contribution < -0.4 is 4.74 Å². The molecule has 0 fully saturated rings. The van der Waals surface area contributed by atoms with Gasteiger partial charge >= 0.3 is 0 Å². The molecule has 2 rings (SSSR count). The molecule has 0 bridgehead atoms. The van der Waals surface area contributed by atoms with Crippen LogP contribution in [0.15, 0.2) is 54.7 Å². The number of ether oxygens (including phenoxy) is 1. The van der Waals surface area contributed by atoms with Crippen molar-refractivity contribution in [2.24, 2.45) is 0 Å². The molecule has 0 radical (unpaired) electrons. The smallest absolute Gasteiger partial charge is 0.182 e. The van der Waals surface area contributed by atoms with Crippen molar-refractivity contribution < 1.29 is 4.74 Å². The van der Waals surface area contributed by atoms with E-state index < -0.39 is 0 Å². The predicted octanol–water partition coefficient (Wildman–Crippen LogP) is 3.05. The van der Waals surface area contributed by atoms with Crippen LogP contribution in [0.3, 0.4) is 0 Å². The van der Waals surface area contributed by atoms with Gasteiger partial charge in [0.1, 0.15) is 12.7 Å². The normalized spacial score (nSPS) is 10.2. The summed E-state index contributed by atoms with van der Waals surface area (Å²) in [5.74, 6) is 0.512. The monoisotopic (exact) mass is 236 g/mol. The van der Waals surface area contributed by atoms with E-state index >= 15 is 0 Å². The molecule has 0 saturated heterocycles. The lowest BCUT2D eigenvalue weighted by molar-refractivity contribution is 0.361. The third-order valence-electron chi connectivity index (χ3n) is 2.32. The van der Waals surface area contributed by atoms with Crippen LogP contribution in [0.2, 0.25) is 0 Å². The van der Waals surface area contributed by atoms with Crippen molar-refractivity contribution in [2.75, 3.05) is 6.61 Å². The Hall–Kier alpha value is -2.60. The third kappa shape index (κ3) is 3.19. The Kier molecular flexibility index (Phi) is 4.10. The largest absolute Gasteiger partial charge is 0.486 e. The molecule has 0 atom stereocenters. The zero-order valence-corrected chi connectivity index (χ0v) is 9.78. The SMILES string of the molecule is N#Cc1ncccc1OC/C=C/c1ccccc1. The molecule has 88 valence electrons. The Balaban J connectivity index is 1.93. The first-order valence-corrected chi connectivity index (χ1v) is 5.59. The zero-order chi connectivity index (χ0) is 12.6. The van der Waals surface area contributed by atoms with Crippen molar-refractivity contribution in [1.82, 2.24) is 4.98 Å². The first kappa shape index (κ1) is 11.9. The lowest BCUT2D eigenvalue weighted by atomic mass is 10.2. The summed E-state index contributed by atoms with van der Waals surface area (Å²) in [6.07, 6.45) is 5.46. The highest BCUT2D eigenvalue weighted by Gasteiger charge is 2.01. The highest BCUT2D eigenvalue weighted by atomic mass is 16.5. The van der Waals surface area contributed by atoms with E-state index in [0.717, 1.165) is 5.56 Å². The molecule has 3 heteroatoms. The lowest BCUT2D eigenvalue weighted by Crippen LogP contribution is -1.96. The van der Waals surface area contributed by atoms with Gasteiger partial charge in [-0.2, -0.15) is 5.26 Å². The van der Waals surface area contributed by atoms with E-state index in [2.05, 4.69) is 4.98 Å². The first-order chi connectivity index (χ1) is 8.90. The fraction of sp³-hybridized carbons (Fsp3) is 0.0667. The Morgan fingerprint density at radius 3 is 2.78 bits per heavy atom. The van der Waals surface area contributed by atoms with Crippen molar-refractivity contribution in [3.8, 4) is 11.8 Å². The van der Waals surface area contributed by atoms with Gasteiger partial charge in [-0.3, -0.25) is 0 Å².